The van der Waals surface area contributed by atoms with E-state index in [9.17, 15) is 4.79 Å². The third kappa shape index (κ3) is 5.62. The fourth-order valence-corrected chi connectivity index (χ4v) is 4.61. The third-order valence-corrected chi connectivity index (χ3v) is 6.45. The van der Waals surface area contributed by atoms with Gasteiger partial charge in [0.1, 0.15) is 17.8 Å². The first-order valence-corrected chi connectivity index (χ1v) is 11.5. The molecule has 0 atom stereocenters. The summed E-state index contributed by atoms with van der Waals surface area (Å²) in [5.41, 5.74) is 0.422. The SMILES string of the molecule is CC(C)N1CCC(N2CCCN(c3cccc(C(=O)NCc4ncco4)n3)CC2)CC1. The van der Waals surface area contributed by atoms with Gasteiger partial charge in [0, 0.05) is 38.3 Å². The average Bonchev–Trinajstić information content (AvgIpc) is 3.20. The van der Waals surface area contributed by atoms with Crippen molar-refractivity contribution in [2.24, 2.45) is 0 Å². The highest BCUT2D eigenvalue weighted by Crippen LogP contribution is 2.21. The van der Waals surface area contributed by atoms with Crippen molar-refractivity contribution in [3.8, 4) is 0 Å². The maximum absolute atomic E-state index is 12.5. The molecular weight excluding hydrogens is 392 g/mol. The van der Waals surface area contributed by atoms with Crippen molar-refractivity contribution in [2.75, 3.05) is 44.2 Å². The molecular formula is C23H34N6O2. The van der Waals surface area contributed by atoms with Gasteiger partial charge in [-0.3, -0.25) is 9.69 Å². The van der Waals surface area contributed by atoms with Crippen LogP contribution in [0.4, 0.5) is 5.82 Å². The van der Waals surface area contributed by atoms with Gasteiger partial charge >= 0.3 is 0 Å². The largest absolute Gasteiger partial charge is 0.447 e. The van der Waals surface area contributed by atoms with Crippen molar-refractivity contribution in [1.82, 2.24) is 25.1 Å². The number of pyridine rings is 1. The number of piperidine rings is 1. The van der Waals surface area contributed by atoms with Crippen LogP contribution >= 0.6 is 0 Å². The Kier molecular flexibility index (Phi) is 7.19. The Bertz CT molecular complexity index is 832. The zero-order valence-electron chi connectivity index (χ0n) is 18.7. The summed E-state index contributed by atoms with van der Waals surface area (Å²) in [6.45, 7) is 11.3. The minimum Gasteiger partial charge on any atom is -0.447 e. The van der Waals surface area contributed by atoms with E-state index in [0.29, 0.717) is 23.7 Å². The minimum absolute atomic E-state index is 0.214. The molecule has 1 amide bonds. The van der Waals surface area contributed by atoms with Gasteiger partial charge in [0.25, 0.3) is 5.91 Å². The lowest BCUT2D eigenvalue weighted by Gasteiger charge is -2.39. The number of hydrogen-bond acceptors (Lipinski definition) is 7. The second-order valence-electron chi connectivity index (χ2n) is 8.73. The van der Waals surface area contributed by atoms with Gasteiger partial charge in [-0.1, -0.05) is 6.07 Å². The molecule has 0 aliphatic carbocycles. The zero-order chi connectivity index (χ0) is 21.6. The molecule has 0 radical (unpaired) electrons. The summed E-state index contributed by atoms with van der Waals surface area (Å²) in [6, 6.07) is 7.00. The number of anilines is 1. The van der Waals surface area contributed by atoms with E-state index < -0.39 is 0 Å². The number of amides is 1. The molecule has 8 heteroatoms. The van der Waals surface area contributed by atoms with Crippen molar-refractivity contribution in [2.45, 2.75) is 51.7 Å². The average molecular weight is 427 g/mol. The van der Waals surface area contributed by atoms with Gasteiger partial charge in [-0.2, -0.15) is 0 Å². The molecule has 2 fully saturated rings. The van der Waals surface area contributed by atoms with Gasteiger partial charge in [-0.15, -0.1) is 0 Å². The lowest BCUT2D eigenvalue weighted by molar-refractivity contribution is 0.0942. The van der Waals surface area contributed by atoms with E-state index in [2.05, 4.69) is 43.8 Å². The number of hydrogen-bond donors (Lipinski definition) is 1. The maximum Gasteiger partial charge on any atom is 0.270 e. The van der Waals surface area contributed by atoms with Crippen molar-refractivity contribution in [1.29, 1.82) is 0 Å². The molecule has 2 aromatic rings. The minimum atomic E-state index is -0.214. The second kappa shape index (κ2) is 10.2. The zero-order valence-corrected chi connectivity index (χ0v) is 18.7. The van der Waals surface area contributed by atoms with E-state index in [4.69, 9.17) is 4.42 Å². The molecule has 2 aliphatic heterocycles. The molecule has 2 aliphatic rings. The van der Waals surface area contributed by atoms with Gasteiger partial charge in [-0.05, 0) is 58.3 Å². The van der Waals surface area contributed by atoms with Gasteiger partial charge in [0.05, 0.1) is 12.7 Å². The molecule has 4 rings (SSSR count). The first-order valence-electron chi connectivity index (χ1n) is 11.5. The van der Waals surface area contributed by atoms with Crippen molar-refractivity contribution in [3.05, 3.63) is 42.2 Å². The molecule has 31 heavy (non-hydrogen) atoms. The third-order valence-electron chi connectivity index (χ3n) is 6.45. The van der Waals surface area contributed by atoms with Crippen LogP contribution in [-0.2, 0) is 6.54 Å². The van der Waals surface area contributed by atoms with Crippen LogP contribution in [0.25, 0.3) is 0 Å². The highest BCUT2D eigenvalue weighted by molar-refractivity contribution is 5.92. The van der Waals surface area contributed by atoms with Crippen molar-refractivity contribution < 1.29 is 9.21 Å². The van der Waals surface area contributed by atoms with Crippen LogP contribution in [0.3, 0.4) is 0 Å². The fourth-order valence-electron chi connectivity index (χ4n) is 4.61. The van der Waals surface area contributed by atoms with Gasteiger partial charge in [-0.25, -0.2) is 9.97 Å². The van der Waals surface area contributed by atoms with Gasteiger partial charge in [0.2, 0.25) is 5.89 Å². The van der Waals surface area contributed by atoms with Crippen LogP contribution in [0, 0.1) is 0 Å². The fraction of sp³-hybridized carbons (Fsp3) is 0.609. The molecule has 0 aromatic carbocycles. The highest BCUT2D eigenvalue weighted by Gasteiger charge is 2.27. The number of aromatic nitrogens is 2. The van der Waals surface area contributed by atoms with Crippen LogP contribution in [-0.4, -0.2) is 77.0 Å². The Morgan fingerprint density at radius 2 is 2.00 bits per heavy atom. The van der Waals surface area contributed by atoms with Crippen LogP contribution in [0.1, 0.15) is 49.5 Å². The Morgan fingerprint density at radius 3 is 2.74 bits per heavy atom. The number of oxazole rings is 1. The lowest BCUT2D eigenvalue weighted by atomic mass is 10.0. The highest BCUT2D eigenvalue weighted by atomic mass is 16.3. The van der Waals surface area contributed by atoms with Crippen molar-refractivity contribution in [3.63, 3.8) is 0 Å². The summed E-state index contributed by atoms with van der Waals surface area (Å²) in [5.74, 6) is 1.14. The predicted molar refractivity (Wildman–Crippen MR) is 120 cm³/mol. The van der Waals surface area contributed by atoms with Gasteiger partial charge < -0.3 is 19.5 Å². The second-order valence-corrected chi connectivity index (χ2v) is 8.73. The summed E-state index contributed by atoms with van der Waals surface area (Å²) >= 11 is 0. The molecule has 0 unspecified atom stereocenters. The van der Waals surface area contributed by atoms with E-state index in [0.717, 1.165) is 38.4 Å². The Balaban J connectivity index is 1.32. The molecule has 2 saturated heterocycles. The molecule has 2 aromatic heterocycles. The number of carbonyl (C=O) groups excluding carboxylic acids is 1. The molecule has 0 saturated carbocycles. The first kappa shape index (κ1) is 21.8. The van der Waals surface area contributed by atoms with E-state index >= 15 is 0 Å². The Labute approximate surface area is 184 Å². The maximum atomic E-state index is 12.5. The molecule has 168 valence electrons. The van der Waals surface area contributed by atoms with Crippen LogP contribution in [0.5, 0.6) is 0 Å². The Hall–Kier alpha value is -2.45. The summed E-state index contributed by atoms with van der Waals surface area (Å²) < 4.78 is 5.17. The van der Waals surface area contributed by atoms with E-state index in [-0.39, 0.29) is 12.5 Å². The number of carbonyl (C=O) groups is 1. The number of rotatable bonds is 6. The summed E-state index contributed by atoms with van der Waals surface area (Å²) in [4.78, 5) is 28.7. The van der Waals surface area contributed by atoms with E-state index in [1.807, 2.05) is 12.1 Å². The molecule has 8 nitrogen and oxygen atoms in total. The number of likely N-dealkylation sites (tertiary alicyclic amines) is 1. The standard InChI is InChI=1S/C23H34N6O2/c1-18(2)27-12-7-19(8-13-27)28-10-4-11-29(15-14-28)21-6-3-5-20(26-21)23(30)25-17-22-24-9-16-31-22/h3,5-6,9,16,18-19H,4,7-8,10-15,17H2,1-2H3,(H,25,30). The van der Waals surface area contributed by atoms with Crippen LogP contribution < -0.4 is 10.2 Å². The number of nitrogens with zero attached hydrogens (tertiary/aromatic N) is 5. The topological polar surface area (TPSA) is 77.7 Å². The van der Waals surface area contributed by atoms with E-state index in [1.54, 1.807) is 12.3 Å². The van der Waals surface area contributed by atoms with Crippen molar-refractivity contribution >= 4 is 11.7 Å². The molecule has 1 N–H and O–H groups in total. The molecule has 0 spiro atoms. The Morgan fingerprint density at radius 1 is 1.16 bits per heavy atom. The normalized spacial score (nSPS) is 19.5. The monoisotopic (exact) mass is 426 g/mol. The molecule has 0 bridgehead atoms. The quantitative estimate of drug-likeness (QED) is 0.760. The molecule has 4 heterocycles. The first-order chi connectivity index (χ1) is 15.1. The van der Waals surface area contributed by atoms with E-state index in [1.165, 1.54) is 32.2 Å². The number of nitrogens with one attached hydrogen (secondary N) is 1. The van der Waals surface area contributed by atoms with Crippen LogP contribution in [0.2, 0.25) is 0 Å². The van der Waals surface area contributed by atoms with Gasteiger partial charge in [0.15, 0.2) is 0 Å². The smallest absolute Gasteiger partial charge is 0.270 e. The summed E-state index contributed by atoms with van der Waals surface area (Å²) in [5, 5.41) is 2.82. The summed E-state index contributed by atoms with van der Waals surface area (Å²) in [6.07, 6.45) is 6.70. The summed E-state index contributed by atoms with van der Waals surface area (Å²) in [7, 11) is 0. The van der Waals surface area contributed by atoms with Crippen LogP contribution in [0.15, 0.2) is 35.1 Å². The predicted octanol–water partition coefficient (Wildman–Crippen LogP) is 2.38. The lowest BCUT2D eigenvalue weighted by Crippen LogP contribution is -2.47.